The number of H-pyrrole nitrogens is 1. The van der Waals surface area contributed by atoms with Gasteiger partial charge in [-0.2, -0.15) is 15.2 Å². The molecule has 4 aromatic rings. The van der Waals surface area contributed by atoms with Crippen LogP contribution in [0.3, 0.4) is 0 Å². The molecule has 3 fully saturated rings. The van der Waals surface area contributed by atoms with Gasteiger partial charge in [-0.1, -0.05) is 0 Å². The Bertz CT molecular complexity index is 1540. The number of rotatable bonds is 6. The predicted molar refractivity (Wildman–Crippen MR) is 137 cm³/mol. The predicted octanol–water partition coefficient (Wildman–Crippen LogP) is 2.55. The summed E-state index contributed by atoms with van der Waals surface area (Å²) in [5, 5.41) is 23.6. The number of aromatic nitrogens is 7. The average Bonchev–Trinajstić information content (AvgIpc) is 3.42. The van der Waals surface area contributed by atoms with Crippen LogP contribution < -0.4 is 10.2 Å². The zero-order valence-corrected chi connectivity index (χ0v) is 21.0. The number of amides is 1. The number of carboxylic acid groups (broad SMARTS) is 1. The van der Waals surface area contributed by atoms with Crippen molar-refractivity contribution < 1.29 is 19.1 Å². The van der Waals surface area contributed by atoms with Crippen LogP contribution in [0.15, 0.2) is 42.9 Å². The minimum absolute atomic E-state index is 0.0866. The van der Waals surface area contributed by atoms with Crippen LogP contribution >= 0.6 is 0 Å². The number of nitrogens with one attached hydrogen (secondary N) is 2. The lowest BCUT2D eigenvalue weighted by Gasteiger charge is -2.44. The Kier molecular flexibility index (Phi) is 6.13. The molecular weight excluding hydrogens is 507 g/mol. The summed E-state index contributed by atoms with van der Waals surface area (Å²) in [5.41, 5.74) is 1.14. The number of anilines is 3. The summed E-state index contributed by atoms with van der Waals surface area (Å²) in [6.07, 6.45) is 6.30. The summed E-state index contributed by atoms with van der Waals surface area (Å²) in [4.78, 5) is 42.4. The summed E-state index contributed by atoms with van der Waals surface area (Å²) >= 11 is 0. The molecule has 4 aromatic heterocycles. The van der Waals surface area contributed by atoms with Gasteiger partial charge in [0.05, 0.1) is 18.0 Å². The second kappa shape index (κ2) is 9.78. The number of aromatic carboxylic acids is 1. The highest BCUT2D eigenvalue weighted by atomic mass is 19.1. The first-order chi connectivity index (χ1) is 18.8. The summed E-state index contributed by atoms with van der Waals surface area (Å²) in [6, 6.07) is 6.25. The van der Waals surface area contributed by atoms with Crippen molar-refractivity contribution in [3.05, 3.63) is 65.6 Å². The monoisotopic (exact) mass is 532 g/mol. The molecule has 3 aliphatic rings. The Balaban J connectivity index is 1.23. The first-order valence-corrected chi connectivity index (χ1v) is 12.5. The van der Waals surface area contributed by atoms with E-state index in [1.54, 1.807) is 18.2 Å². The number of aryl methyl sites for hydroxylation is 1. The standard InChI is InChI=1S/C25H25FN10O3/c1-14-7-21(33-32-14)30-20-8-19(24(38)39)29-25(31-20)35-13-17-3-2-4-18(35)12-34(17)23(37)15-5-6-22(27-9-15)36-11-16(26)10-28-36/h5-11,17-18H,2-4,12-13H2,1H3,(H,38,39)(H2,29,30,31,32,33). The highest BCUT2D eigenvalue weighted by Crippen LogP contribution is 2.32. The van der Waals surface area contributed by atoms with Crippen LogP contribution in [0.2, 0.25) is 0 Å². The number of hydrogen-bond acceptors (Lipinski definition) is 9. The topological polar surface area (TPSA) is 158 Å². The second-order valence-corrected chi connectivity index (χ2v) is 9.66. The van der Waals surface area contributed by atoms with Gasteiger partial charge in [0.15, 0.2) is 23.1 Å². The molecule has 2 unspecified atom stereocenters. The van der Waals surface area contributed by atoms with Gasteiger partial charge in [0.2, 0.25) is 5.95 Å². The molecule has 0 aromatic carbocycles. The average molecular weight is 533 g/mol. The SMILES string of the molecule is Cc1cc(Nc2cc(C(=O)O)nc(N3CC4CCCC3CN4C(=O)c3ccc(-n4cc(F)cn4)nc3)n2)n[nH]1. The third kappa shape index (κ3) is 4.87. The molecule has 2 bridgehead atoms. The van der Waals surface area contributed by atoms with Crippen molar-refractivity contribution in [2.24, 2.45) is 0 Å². The summed E-state index contributed by atoms with van der Waals surface area (Å²) in [6.45, 7) is 2.77. The number of carbonyl (C=O) groups excluding carboxylic acids is 1. The second-order valence-electron chi connectivity index (χ2n) is 9.66. The molecule has 7 rings (SSSR count). The number of hydrogen-bond donors (Lipinski definition) is 3. The van der Waals surface area contributed by atoms with E-state index in [1.807, 2.05) is 16.7 Å². The van der Waals surface area contributed by atoms with Crippen LogP contribution in [0.25, 0.3) is 5.82 Å². The van der Waals surface area contributed by atoms with E-state index in [-0.39, 0.29) is 23.7 Å². The third-order valence-electron chi connectivity index (χ3n) is 6.97. The Labute approximate surface area is 221 Å². The van der Waals surface area contributed by atoms with Gasteiger partial charge in [-0.05, 0) is 38.3 Å². The Morgan fingerprint density at radius 1 is 1.10 bits per heavy atom. The van der Waals surface area contributed by atoms with Crippen molar-refractivity contribution in [1.29, 1.82) is 0 Å². The number of carbonyl (C=O) groups is 2. The van der Waals surface area contributed by atoms with Crippen LogP contribution in [0.5, 0.6) is 0 Å². The number of aromatic amines is 1. The molecule has 1 amide bonds. The van der Waals surface area contributed by atoms with Crippen molar-refractivity contribution in [3.63, 3.8) is 0 Å². The van der Waals surface area contributed by atoms with Gasteiger partial charge in [0.1, 0.15) is 5.82 Å². The molecule has 39 heavy (non-hydrogen) atoms. The lowest BCUT2D eigenvalue weighted by Crippen LogP contribution is -2.58. The van der Waals surface area contributed by atoms with Crippen LogP contribution in [0.1, 0.15) is 45.8 Å². The van der Waals surface area contributed by atoms with E-state index in [0.29, 0.717) is 42.1 Å². The summed E-state index contributed by atoms with van der Waals surface area (Å²) in [5.74, 6) is -0.242. The quantitative estimate of drug-likeness (QED) is 0.337. The number of piperazine rings is 1. The number of carboxylic acids is 1. The van der Waals surface area contributed by atoms with Gasteiger partial charge < -0.3 is 20.2 Å². The number of fused-ring (bicyclic) bond motifs is 4. The van der Waals surface area contributed by atoms with E-state index in [2.05, 4.69) is 35.6 Å². The van der Waals surface area contributed by atoms with Crippen LogP contribution in [0.4, 0.5) is 22.0 Å². The van der Waals surface area contributed by atoms with Gasteiger partial charge in [0, 0.05) is 49.2 Å². The smallest absolute Gasteiger partial charge is 0.354 e. The van der Waals surface area contributed by atoms with Crippen LogP contribution in [0, 0.1) is 12.7 Å². The maximum Gasteiger partial charge on any atom is 0.354 e. The maximum atomic E-state index is 13.5. The highest BCUT2D eigenvalue weighted by molar-refractivity contribution is 5.94. The van der Waals surface area contributed by atoms with Crippen LogP contribution in [-0.4, -0.2) is 82.0 Å². The first kappa shape index (κ1) is 24.5. The molecular formula is C25H25FN10O3. The van der Waals surface area contributed by atoms with Crippen molar-refractivity contribution in [2.75, 3.05) is 23.3 Å². The Morgan fingerprint density at radius 2 is 1.95 bits per heavy atom. The fourth-order valence-electron chi connectivity index (χ4n) is 5.12. The number of halogens is 1. The molecule has 0 aliphatic carbocycles. The Morgan fingerprint density at radius 3 is 2.64 bits per heavy atom. The fourth-order valence-corrected chi connectivity index (χ4v) is 5.12. The van der Waals surface area contributed by atoms with Gasteiger partial charge >= 0.3 is 5.97 Å². The van der Waals surface area contributed by atoms with E-state index >= 15 is 0 Å². The van der Waals surface area contributed by atoms with Gasteiger partial charge in [-0.25, -0.2) is 23.8 Å². The minimum Gasteiger partial charge on any atom is -0.477 e. The molecule has 3 saturated heterocycles. The van der Waals surface area contributed by atoms with Gasteiger partial charge in [-0.15, -0.1) is 0 Å². The normalized spacial score (nSPS) is 18.7. The minimum atomic E-state index is -1.16. The molecule has 0 radical (unpaired) electrons. The summed E-state index contributed by atoms with van der Waals surface area (Å²) < 4.78 is 14.6. The number of nitrogens with zero attached hydrogens (tertiary/aromatic N) is 8. The molecule has 3 N–H and O–H groups in total. The maximum absolute atomic E-state index is 13.5. The van der Waals surface area contributed by atoms with Crippen molar-refractivity contribution in [1.82, 2.24) is 39.8 Å². The largest absolute Gasteiger partial charge is 0.477 e. The van der Waals surface area contributed by atoms with Gasteiger partial charge in [0.25, 0.3) is 5.91 Å². The molecule has 3 aliphatic heterocycles. The zero-order chi connectivity index (χ0) is 27.1. The van der Waals surface area contributed by atoms with E-state index in [4.69, 9.17) is 0 Å². The molecule has 0 spiro atoms. The van der Waals surface area contributed by atoms with E-state index in [1.165, 1.54) is 23.1 Å². The molecule has 7 heterocycles. The third-order valence-corrected chi connectivity index (χ3v) is 6.97. The van der Waals surface area contributed by atoms with Gasteiger partial charge in [-0.3, -0.25) is 9.89 Å². The molecule has 13 nitrogen and oxygen atoms in total. The van der Waals surface area contributed by atoms with E-state index in [0.717, 1.165) is 31.2 Å². The van der Waals surface area contributed by atoms with Crippen molar-refractivity contribution in [3.8, 4) is 5.82 Å². The van der Waals surface area contributed by atoms with Crippen molar-refractivity contribution >= 4 is 29.5 Å². The molecule has 200 valence electrons. The molecule has 2 atom stereocenters. The van der Waals surface area contributed by atoms with E-state index < -0.39 is 11.8 Å². The van der Waals surface area contributed by atoms with E-state index in [9.17, 15) is 19.1 Å². The van der Waals surface area contributed by atoms with Crippen LogP contribution in [-0.2, 0) is 0 Å². The number of pyridine rings is 1. The fraction of sp³-hybridized carbons (Fsp3) is 0.320. The lowest BCUT2D eigenvalue weighted by molar-refractivity contribution is 0.0637. The molecule has 14 heteroatoms. The highest BCUT2D eigenvalue weighted by Gasteiger charge is 2.40. The zero-order valence-electron chi connectivity index (χ0n) is 21.0. The molecule has 0 saturated carbocycles. The Hall–Kier alpha value is -4.88. The summed E-state index contributed by atoms with van der Waals surface area (Å²) in [7, 11) is 0. The van der Waals surface area contributed by atoms with Crippen molar-refractivity contribution in [2.45, 2.75) is 38.3 Å². The lowest BCUT2D eigenvalue weighted by atomic mass is 10.1. The first-order valence-electron chi connectivity index (χ1n) is 12.5.